The predicted octanol–water partition coefficient (Wildman–Crippen LogP) is 1.98. The molecule has 1 N–H and O–H groups in total. The molecule has 1 aromatic rings. The van der Waals surface area contributed by atoms with Gasteiger partial charge in [0.05, 0.1) is 18.7 Å². The number of methoxy groups -OCH3 is 1. The van der Waals surface area contributed by atoms with Crippen LogP contribution in [0, 0.1) is 5.92 Å². The van der Waals surface area contributed by atoms with Crippen LogP contribution in [0.15, 0.2) is 24.3 Å². The van der Waals surface area contributed by atoms with E-state index < -0.39 is 0 Å². The van der Waals surface area contributed by atoms with E-state index in [1.54, 1.807) is 18.2 Å². The van der Waals surface area contributed by atoms with Crippen molar-refractivity contribution in [2.24, 2.45) is 5.92 Å². The lowest BCUT2D eigenvalue weighted by atomic mass is 9.86. The third-order valence-corrected chi connectivity index (χ3v) is 3.17. The maximum atomic E-state index is 11.7. The van der Waals surface area contributed by atoms with E-state index in [4.69, 9.17) is 9.47 Å². The molecule has 0 radical (unpaired) electrons. The molecule has 0 atom stereocenters. The Bertz CT molecular complexity index is 468. The summed E-state index contributed by atoms with van der Waals surface area (Å²) < 4.78 is 10.1. The van der Waals surface area contributed by atoms with E-state index in [0.717, 1.165) is 19.3 Å². The van der Waals surface area contributed by atoms with Crippen LogP contribution in [-0.2, 0) is 14.3 Å². The Hall–Kier alpha value is -2.04. The van der Waals surface area contributed by atoms with Crippen molar-refractivity contribution < 1.29 is 19.1 Å². The van der Waals surface area contributed by atoms with Gasteiger partial charge in [-0.2, -0.15) is 0 Å². The van der Waals surface area contributed by atoms with Crippen LogP contribution in [0.25, 0.3) is 0 Å². The molecule has 1 aliphatic carbocycles. The van der Waals surface area contributed by atoms with Crippen LogP contribution >= 0.6 is 0 Å². The van der Waals surface area contributed by atoms with Crippen molar-refractivity contribution in [1.82, 2.24) is 0 Å². The minimum absolute atomic E-state index is 0.0148. The summed E-state index contributed by atoms with van der Waals surface area (Å²) in [6, 6.07) is 7.07. The van der Waals surface area contributed by atoms with E-state index in [1.165, 1.54) is 7.11 Å². The maximum absolute atomic E-state index is 11.7. The van der Waals surface area contributed by atoms with Crippen molar-refractivity contribution in [3.05, 3.63) is 24.3 Å². The summed E-state index contributed by atoms with van der Waals surface area (Å²) in [6.45, 7) is -0.257. The first kappa shape index (κ1) is 13.4. The predicted molar refractivity (Wildman–Crippen MR) is 69.9 cm³/mol. The van der Waals surface area contributed by atoms with Gasteiger partial charge in [0.2, 0.25) is 0 Å². The van der Waals surface area contributed by atoms with Gasteiger partial charge in [-0.3, -0.25) is 9.59 Å². The molecule has 19 heavy (non-hydrogen) atoms. The number of carbonyl (C=O) groups excluding carboxylic acids is 2. The van der Waals surface area contributed by atoms with Gasteiger partial charge < -0.3 is 14.8 Å². The normalized spacial score (nSPS) is 14.4. The molecule has 0 aromatic heterocycles. The van der Waals surface area contributed by atoms with Gasteiger partial charge in [-0.1, -0.05) is 18.6 Å². The van der Waals surface area contributed by atoms with Crippen LogP contribution in [-0.4, -0.2) is 25.6 Å². The van der Waals surface area contributed by atoms with Gasteiger partial charge in [-0.05, 0) is 25.0 Å². The van der Waals surface area contributed by atoms with E-state index in [9.17, 15) is 9.59 Å². The summed E-state index contributed by atoms with van der Waals surface area (Å²) in [7, 11) is 1.53. The molecule has 1 aliphatic rings. The molecule has 5 heteroatoms. The molecule has 5 nitrogen and oxygen atoms in total. The number of ether oxygens (including phenoxy) is 2. The molecule has 0 heterocycles. The number of carbonyl (C=O) groups is 2. The summed E-state index contributed by atoms with van der Waals surface area (Å²) in [5, 5.41) is 2.65. The zero-order valence-electron chi connectivity index (χ0n) is 10.8. The minimum Gasteiger partial charge on any atom is -0.495 e. The number of amides is 1. The summed E-state index contributed by atoms with van der Waals surface area (Å²) in [4.78, 5) is 23.1. The van der Waals surface area contributed by atoms with Crippen LogP contribution in [0.2, 0.25) is 0 Å². The van der Waals surface area contributed by atoms with Crippen molar-refractivity contribution in [2.75, 3.05) is 19.0 Å². The monoisotopic (exact) mass is 263 g/mol. The molecule has 1 saturated carbocycles. The van der Waals surface area contributed by atoms with Gasteiger partial charge >= 0.3 is 5.97 Å². The second kappa shape index (κ2) is 6.22. The fourth-order valence-electron chi connectivity index (χ4n) is 1.83. The van der Waals surface area contributed by atoms with E-state index in [1.807, 2.05) is 6.07 Å². The Morgan fingerprint density at radius 2 is 2.05 bits per heavy atom. The molecular formula is C14H17NO4. The lowest BCUT2D eigenvalue weighted by Gasteiger charge is -2.22. The highest BCUT2D eigenvalue weighted by Gasteiger charge is 2.27. The highest BCUT2D eigenvalue weighted by Crippen LogP contribution is 2.27. The molecule has 1 fully saturated rings. The molecule has 1 amide bonds. The molecule has 0 spiro atoms. The lowest BCUT2D eigenvalue weighted by molar-refractivity contribution is -0.154. The fraction of sp³-hybridized carbons (Fsp3) is 0.429. The van der Waals surface area contributed by atoms with Crippen molar-refractivity contribution in [3.8, 4) is 5.75 Å². The quantitative estimate of drug-likeness (QED) is 0.825. The van der Waals surface area contributed by atoms with Crippen LogP contribution in [0.3, 0.4) is 0 Å². The SMILES string of the molecule is COc1ccccc1NC(=O)COC(=O)C1CCC1. The smallest absolute Gasteiger partial charge is 0.309 e. The van der Waals surface area contributed by atoms with Crippen LogP contribution < -0.4 is 10.1 Å². The molecule has 0 bridgehead atoms. The van der Waals surface area contributed by atoms with E-state index in [0.29, 0.717) is 11.4 Å². The second-order valence-corrected chi connectivity index (χ2v) is 4.48. The molecule has 1 aromatic carbocycles. The van der Waals surface area contributed by atoms with Crippen molar-refractivity contribution in [2.45, 2.75) is 19.3 Å². The number of rotatable bonds is 5. The molecular weight excluding hydrogens is 246 g/mol. The third kappa shape index (κ3) is 3.47. The topological polar surface area (TPSA) is 64.6 Å². The number of para-hydroxylation sites is 2. The highest BCUT2D eigenvalue weighted by atomic mass is 16.5. The van der Waals surface area contributed by atoms with Crippen LogP contribution in [0.1, 0.15) is 19.3 Å². The van der Waals surface area contributed by atoms with Crippen molar-refractivity contribution in [1.29, 1.82) is 0 Å². The van der Waals surface area contributed by atoms with E-state index in [2.05, 4.69) is 5.32 Å². The first-order chi connectivity index (χ1) is 9.20. The standard InChI is InChI=1S/C14H17NO4/c1-18-12-8-3-2-7-11(12)15-13(16)9-19-14(17)10-5-4-6-10/h2-3,7-8,10H,4-6,9H2,1H3,(H,15,16). The Morgan fingerprint density at radius 1 is 1.32 bits per heavy atom. The van der Waals surface area contributed by atoms with Crippen LogP contribution in [0.4, 0.5) is 5.69 Å². The van der Waals surface area contributed by atoms with E-state index in [-0.39, 0.29) is 24.4 Å². The number of hydrogen-bond donors (Lipinski definition) is 1. The molecule has 0 aliphatic heterocycles. The van der Waals surface area contributed by atoms with Gasteiger partial charge in [0.15, 0.2) is 6.61 Å². The third-order valence-electron chi connectivity index (χ3n) is 3.17. The lowest BCUT2D eigenvalue weighted by Crippen LogP contribution is -2.28. The molecule has 102 valence electrons. The zero-order chi connectivity index (χ0) is 13.7. The Kier molecular flexibility index (Phi) is 4.39. The summed E-state index contributed by atoms with van der Waals surface area (Å²) in [6.07, 6.45) is 2.80. The number of nitrogens with one attached hydrogen (secondary N) is 1. The zero-order valence-corrected chi connectivity index (χ0v) is 10.8. The van der Waals surface area contributed by atoms with Crippen LogP contribution in [0.5, 0.6) is 5.75 Å². The fourth-order valence-corrected chi connectivity index (χ4v) is 1.83. The van der Waals surface area contributed by atoms with E-state index >= 15 is 0 Å². The highest BCUT2D eigenvalue weighted by molar-refractivity contribution is 5.94. The van der Waals surface area contributed by atoms with Gasteiger partial charge in [-0.15, -0.1) is 0 Å². The number of esters is 1. The Balaban J connectivity index is 1.81. The average Bonchev–Trinajstić information content (AvgIpc) is 2.35. The number of hydrogen-bond acceptors (Lipinski definition) is 4. The van der Waals surface area contributed by atoms with Crippen molar-refractivity contribution >= 4 is 17.6 Å². The largest absolute Gasteiger partial charge is 0.495 e. The number of benzene rings is 1. The summed E-state index contributed by atoms with van der Waals surface area (Å²) >= 11 is 0. The summed E-state index contributed by atoms with van der Waals surface area (Å²) in [5.74, 6) is -0.0844. The van der Waals surface area contributed by atoms with Crippen molar-refractivity contribution in [3.63, 3.8) is 0 Å². The molecule has 0 saturated heterocycles. The van der Waals surface area contributed by atoms with Gasteiger partial charge in [0.25, 0.3) is 5.91 Å². The van der Waals surface area contributed by atoms with Gasteiger partial charge in [-0.25, -0.2) is 0 Å². The Morgan fingerprint density at radius 3 is 2.68 bits per heavy atom. The Labute approximate surface area is 111 Å². The second-order valence-electron chi connectivity index (χ2n) is 4.48. The molecule has 2 rings (SSSR count). The average molecular weight is 263 g/mol. The first-order valence-electron chi connectivity index (χ1n) is 6.30. The van der Waals surface area contributed by atoms with Gasteiger partial charge in [0.1, 0.15) is 5.75 Å². The summed E-state index contributed by atoms with van der Waals surface area (Å²) in [5.41, 5.74) is 0.565. The minimum atomic E-state index is -0.364. The first-order valence-corrected chi connectivity index (χ1v) is 6.30. The maximum Gasteiger partial charge on any atom is 0.309 e. The van der Waals surface area contributed by atoms with Gasteiger partial charge in [0, 0.05) is 0 Å². The number of anilines is 1. The molecule has 0 unspecified atom stereocenters.